The van der Waals surface area contributed by atoms with Crippen LogP contribution in [0.3, 0.4) is 0 Å². The number of ether oxygens (including phenoxy) is 1. The molecule has 1 heterocycles. The number of hydrogen-bond acceptors (Lipinski definition) is 4. The lowest BCUT2D eigenvalue weighted by Gasteiger charge is -2.30. The Hall–Kier alpha value is -2.23. The zero-order chi connectivity index (χ0) is 19.9. The van der Waals surface area contributed by atoms with Crippen molar-refractivity contribution in [2.75, 3.05) is 31.1 Å². The molecule has 1 aliphatic heterocycles. The summed E-state index contributed by atoms with van der Waals surface area (Å²) in [6, 6.07) is 6.36. The molecule has 0 aromatic heterocycles. The topological polar surface area (TPSA) is 28.1 Å². The van der Waals surface area contributed by atoms with Crippen LogP contribution in [-0.2, 0) is 0 Å². The second kappa shape index (κ2) is 9.81. The summed E-state index contributed by atoms with van der Waals surface area (Å²) in [5.74, 6) is 1.79. The monoisotopic (exact) mass is 381 g/mol. The van der Waals surface area contributed by atoms with Crippen molar-refractivity contribution in [3.8, 4) is 5.75 Å². The quantitative estimate of drug-likeness (QED) is 0.492. The Morgan fingerprint density at radius 2 is 1.68 bits per heavy atom. The smallest absolute Gasteiger partial charge is 0.155 e. The first-order valence-corrected chi connectivity index (χ1v) is 11.0. The summed E-state index contributed by atoms with van der Waals surface area (Å²) in [4.78, 5) is 9.73. The number of benzene rings is 1. The molecule has 0 N–H and O–H groups in total. The number of rotatable bonds is 10. The van der Waals surface area contributed by atoms with Crippen LogP contribution in [-0.4, -0.2) is 36.8 Å². The fraction of sp³-hybridized carbons (Fsp3) is 0.542. The van der Waals surface area contributed by atoms with Gasteiger partial charge in [-0.05, 0) is 38.8 Å². The van der Waals surface area contributed by atoms with Crippen molar-refractivity contribution >= 4 is 17.1 Å². The standard InChI is InChI=1S/C24H35N3O/c1-5-9-15-27(16-10-6-2)20-12-14-22-24(18-20)28-23-17-19(26(7-3)8-4)11-13-21(23)25-22/h11-13,17-18H,5-10,14-16H2,1-4H3. The zero-order valence-corrected chi connectivity index (χ0v) is 18.0. The van der Waals surface area contributed by atoms with Gasteiger partial charge in [-0.15, -0.1) is 0 Å². The van der Waals surface area contributed by atoms with Crippen LogP contribution in [0.4, 0.5) is 11.4 Å². The van der Waals surface area contributed by atoms with Gasteiger partial charge in [0.15, 0.2) is 11.5 Å². The molecule has 0 amide bonds. The number of hydrogen-bond donors (Lipinski definition) is 0. The highest BCUT2D eigenvalue weighted by Gasteiger charge is 2.23. The molecule has 3 rings (SSSR count). The molecular formula is C24H35N3O. The Bertz CT molecular complexity index is 751. The van der Waals surface area contributed by atoms with Gasteiger partial charge in [-0.3, -0.25) is 0 Å². The average molecular weight is 382 g/mol. The molecule has 2 aliphatic rings. The molecule has 0 saturated heterocycles. The van der Waals surface area contributed by atoms with E-state index in [1.54, 1.807) is 0 Å². The maximum absolute atomic E-state index is 6.34. The Balaban J connectivity index is 1.82. The van der Waals surface area contributed by atoms with E-state index in [4.69, 9.17) is 9.73 Å². The molecule has 0 radical (unpaired) electrons. The number of anilines is 1. The molecule has 4 heteroatoms. The normalized spacial score (nSPS) is 14.9. The molecule has 0 atom stereocenters. The van der Waals surface area contributed by atoms with E-state index in [9.17, 15) is 0 Å². The molecule has 152 valence electrons. The fourth-order valence-electron chi connectivity index (χ4n) is 3.78. The summed E-state index contributed by atoms with van der Waals surface area (Å²) >= 11 is 0. The van der Waals surface area contributed by atoms with E-state index in [1.165, 1.54) is 37.1 Å². The van der Waals surface area contributed by atoms with Crippen molar-refractivity contribution in [1.82, 2.24) is 4.90 Å². The molecule has 0 spiro atoms. The number of unbranched alkanes of at least 4 members (excludes halogenated alkanes) is 2. The SMILES string of the molecule is CCCCN(CCCC)C1=CCC2=Nc3ccc(N(CC)CC)cc3OC2=C1. The van der Waals surface area contributed by atoms with Gasteiger partial charge in [0, 0.05) is 56.1 Å². The van der Waals surface area contributed by atoms with Gasteiger partial charge in [-0.1, -0.05) is 32.8 Å². The molecule has 0 saturated carbocycles. The number of allylic oxidation sites excluding steroid dienone is 3. The van der Waals surface area contributed by atoms with Gasteiger partial charge in [-0.2, -0.15) is 0 Å². The van der Waals surface area contributed by atoms with Gasteiger partial charge in [0.25, 0.3) is 0 Å². The van der Waals surface area contributed by atoms with Crippen LogP contribution >= 0.6 is 0 Å². The third-order valence-electron chi connectivity index (χ3n) is 5.54. The van der Waals surface area contributed by atoms with Crippen LogP contribution in [0.25, 0.3) is 0 Å². The highest BCUT2D eigenvalue weighted by atomic mass is 16.5. The van der Waals surface area contributed by atoms with Gasteiger partial charge in [-0.25, -0.2) is 4.99 Å². The van der Waals surface area contributed by atoms with Gasteiger partial charge in [0.1, 0.15) is 5.69 Å². The average Bonchev–Trinajstić information content (AvgIpc) is 2.73. The van der Waals surface area contributed by atoms with Gasteiger partial charge >= 0.3 is 0 Å². The van der Waals surface area contributed by atoms with Gasteiger partial charge in [0.2, 0.25) is 0 Å². The molecule has 4 nitrogen and oxygen atoms in total. The van der Waals surface area contributed by atoms with Crippen LogP contribution in [0.15, 0.2) is 46.8 Å². The van der Waals surface area contributed by atoms with Crippen molar-refractivity contribution in [2.24, 2.45) is 4.99 Å². The van der Waals surface area contributed by atoms with Crippen molar-refractivity contribution in [2.45, 2.75) is 59.8 Å². The Kier molecular flexibility index (Phi) is 7.18. The maximum atomic E-state index is 6.34. The highest BCUT2D eigenvalue weighted by Crippen LogP contribution is 2.39. The molecule has 0 unspecified atom stereocenters. The first-order chi connectivity index (χ1) is 13.7. The van der Waals surface area contributed by atoms with E-state index in [0.717, 1.165) is 55.5 Å². The largest absolute Gasteiger partial charge is 0.453 e. The maximum Gasteiger partial charge on any atom is 0.155 e. The van der Waals surface area contributed by atoms with E-state index >= 15 is 0 Å². The summed E-state index contributed by atoms with van der Waals surface area (Å²) in [5.41, 5.74) is 4.47. The predicted octanol–water partition coefficient (Wildman–Crippen LogP) is 6.07. The van der Waals surface area contributed by atoms with Crippen LogP contribution in [0, 0.1) is 0 Å². The summed E-state index contributed by atoms with van der Waals surface area (Å²) in [5, 5.41) is 0. The second-order valence-electron chi connectivity index (χ2n) is 7.52. The molecular weight excluding hydrogens is 346 g/mol. The van der Waals surface area contributed by atoms with Crippen LogP contribution in [0.5, 0.6) is 5.75 Å². The van der Waals surface area contributed by atoms with Gasteiger partial charge in [0.05, 0.1) is 5.71 Å². The first-order valence-electron chi connectivity index (χ1n) is 11.0. The van der Waals surface area contributed by atoms with E-state index in [0.29, 0.717) is 0 Å². The summed E-state index contributed by atoms with van der Waals surface area (Å²) in [7, 11) is 0. The van der Waals surface area contributed by atoms with Crippen molar-refractivity contribution in [1.29, 1.82) is 0 Å². The van der Waals surface area contributed by atoms with E-state index in [-0.39, 0.29) is 0 Å². The summed E-state index contributed by atoms with van der Waals surface area (Å²) < 4.78 is 6.34. The minimum atomic E-state index is 0.840. The minimum absolute atomic E-state index is 0.840. The lowest BCUT2D eigenvalue weighted by atomic mass is 10.0. The van der Waals surface area contributed by atoms with Crippen LogP contribution in [0.2, 0.25) is 0 Å². The number of fused-ring (bicyclic) bond motifs is 2. The Labute approximate surface area is 170 Å². The second-order valence-corrected chi connectivity index (χ2v) is 7.52. The summed E-state index contributed by atoms with van der Waals surface area (Å²) in [6.45, 7) is 13.1. The van der Waals surface area contributed by atoms with Crippen molar-refractivity contribution < 1.29 is 4.74 Å². The highest BCUT2D eigenvalue weighted by molar-refractivity contribution is 6.04. The predicted molar refractivity (Wildman–Crippen MR) is 120 cm³/mol. The summed E-state index contributed by atoms with van der Waals surface area (Å²) in [6.07, 6.45) is 10.2. The minimum Gasteiger partial charge on any atom is -0.453 e. The Morgan fingerprint density at radius 3 is 2.32 bits per heavy atom. The third kappa shape index (κ3) is 4.60. The molecule has 0 fully saturated rings. The lowest BCUT2D eigenvalue weighted by molar-refractivity contribution is 0.335. The van der Waals surface area contributed by atoms with E-state index < -0.39 is 0 Å². The van der Waals surface area contributed by atoms with Crippen LogP contribution < -0.4 is 9.64 Å². The van der Waals surface area contributed by atoms with Gasteiger partial charge < -0.3 is 14.5 Å². The fourth-order valence-corrected chi connectivity index (χ4v) is 3.78. The number of nitrogens with zero attached hydrogens (tertiary/aromatic N) is 3. The number of aliphatic imine (C=N–C) groups is 1. The lowest BCUT2D eigenvalue weighted by Crippen LogP contribution is -2.28. The van der Waals surface area contributed by atoms with Crippen LogP contribution in [0.1, 0.15) is 59.8 Å². The van der Waals surface area contributed by atoms with Crippen molar-refractivity contribution in [3.05, 3.63) is 41.8 Å². The van der Waals surface area contributed by atoms with E-state index in [1.807, 2.05) is 0 Å². The zero-order valence-electron chi connectivity index (χ0n) is 18.0. The first kappa shape index (κ1) is 20.5. The molecule has 28 heavy (non-hydrogen) atoms. The van der Waals surface area contributed by atoms with E-state index in [2.05, 4.69) is 67.8 Å². The molecule has 0 bridgehead atoms. The molecule has 1 aromatic rings. The Morgan fingerprint density at radius 1 is 0.964 bits per heavy atom. The van der Waals surface area contributed by atoms with Crippen molar-refractivity contribution in [3.63, 3.8) is 0 Å². The third-order valence-corrected chi connectivity index (χ3v) is 5.54. The molecule has 1 aromatic carbocycles. The molecule has 1 aliphatic carbocycles.